The summed E-state index contributed by atoms with van der Waals surface area (Å²) in [6.45, 7) is 6.26. The molecule has 2 aliphatic rings. The van der Waals surface area contributed by atoms with E-state index in [1.165, 1.54) is 12.1 Å². The van der Waals surface area contributed by atoms with Crippen LogP contribution in [0.25, 0.3) is 0 Å². The van der Waals surface area contributed by atoms with Crippen LogP contribution in [0.1, 0.15) is 18.4 Å². The molecule has 2 aliphatic heterocycles. The van der Waals surface area contributed by atoms with Crippen molar-refractivity contribution in [3.05, 3.63) is 35.6 Å². The maximum atomic E-state index is 13.2. The molecule has 0 N–H and O–H groups in total. The van der Waals surface area contributed by atoms with Gasteiger partial charge in [-0.2, -0.15) is 0 Å². The summed E-state index contributed by atoms with van der Waals surface area (Å²) in [5, 5.41) is 0. The molecule has 3 rings (SSSR count). The summed E-state index contributed by atoms with van der Waals surface area (Å²) in [6, 6.07) is 6.49. The molecule has 0 spiro atoms. The van der Waals surface area contributed by atoms with Crippen LogP contribution in [-0.2, 0) is 20.7 Å². The molecule has 1 unspecified atom stereocenters. The molecule has 5 nitrogen and oxygen atoms in total. The van der Waals surface area contributed by atoms with Crippen molar-refractivity contribution in [2.75, 3.05) is 52.5 Å². The lowest BCUT2D eigenvalue weighted by atomic mass is 10.1. The van der Waals surface area contributed by atoms with Crippen molar-refractivity contribution in [2.45, 2.75) is 25.4 Å². The Morgan fingerprint density at radius 2 is 2.12 bits per heavy atom. The molecular formula is C19H27FN2O3. The summed E-state index contributed by atoms with van der Waals surface area (Å²) in [5.74, 6) is -0.0902. The van der Waals surface area contributed by atoms with Gasteiger partial charge in [-0.05, 0) is 37.1 Å². The Balaban J connectivity index is 1.43. The number of rotatable bonds is 5. The third-order valence-electron chi connectivity index (χ3n) is 4.80. The molecule has 1 aromatic rings. The van der Waals surface area contributed by atoms with Crippen molar-refractivity contribution >= 4 is 5.91 Å². The Kier molecular flexibility index (Phi) is 6.78. The summed E-state index contributed by atoms with van der Waals surface area (Å²) < 4.78 is 24.4. The van der Waals surface area contributed by atoms with E-state index in [0.29, 0.717) is 32.7 Å². The van der Waals surface area contributed by atoms with E-state index in [2.05, 4.69) is 4.90 Å². The van der Waals surface area contributed by atoms with E-state index < -0.39 is 0 Å². The second-order valence-electron chi connectivity index (χ2n) is 6.73. The van der Waals surface area contributed by atoms with Gasteiger partial charge in [0.25, 0.3) is 0 Å². The Morgan fingerprint density at radius 1 is 1.20 bits per heavy atom. The normalized spacial score (nSPS) is 22.6. The van der Waals surface area contributed by atoms with E-state index in [9.17, 15) is 9.18 Å². The molecule has 0 saturated carbocycles. The predicted octanol–water partition coefficient (Wildman–Crippen LogP) is 1.71. The fourth-order valence-corrected chi connectivity index (χ4v) is 3.43. The molecule has 2 heterocycles. The smallest absolute Gasteiger partial charge is 0.222 e. The lowest BCUT2D eigenvalue weighted by Gasteiger charge is -2.29. The highest BCUT2D eigenvalue weighted by Crippen LogP contribution is 2.11. The number of amides is 1. The first-order chi connectivity index (χ1) is 12.2. The van der Waals surface area contributed by atoms with Gasteiger partial charge in [-0.25, -0.2) is 4.39 Å². The minimum Gasteiger partial charge on any atom is -0.376 e. The average molecular weight is 350 g/mol. The summed E-state index contributed by atoms with van der Waals surface area (Å²) in [5.41, 5.74) is 0.874. The number of halogens is 1. The largest absolute Gasteiger partial charge is 0.376 e. The molecule has 2 fully saturated rings. The lowest BCUT2D eigenvalue weighted by Crippen LogP contribution is -2.42. The first-order valence-electron chi connectivity index (χ1n) is 9.14. The van der Waals surface area contributed by atoms with Crippen LogP contribution < -0.4 is 0 Å². The van der Waals surface area contributed by atoms with Crippen molar-refractivity contribution in [3.63, 3.8) is 0 Å². The Hall–Kier alpha value is -1.50. The number of nitrogens with zero attached hydrogens (tertiary/aromatic N) is 2. The number of aryl methyl sites for hydroxylation is 1. The summed E-state index contributed by atoms with van der Waals surface area (Å²) in [4.78, 5) is 16.8. The van der Waals surface area contributed by atoms with Crippen LogP contribution >= 0.6 is 0 Å². The van der Waals surface area contributed by atoms with Crippen LogP contribution in [0.2, 0.25) is 0 Å². The summed E-state index contributed by atoms with van der Waals surface area (Å²) in [7, 11) is 0. The molecule has 1 amide bonds. The molecule has 1 atom stereocenters. The van der Waals surface area contributed by atoms with Crippen molar-refractivity contribution in [1.29, 1.82) is 0 Å². The van der Waals surface area contributed by atoms with E-state index in [4.69, 9.17) is 9.47 Å². The highest BCUT2D eigenvalue weighted by molar-refractivity contribution is 5.76. The van der Waals surface area contributed by atoms with Gasteiger partial charge in [-0.1, -0.05) is 12.1 Å². The van der Waals surface area contributed by atoms with Crippen LogP contribution in [0.15, 0.2) is 24.3 Å². The zero-order valence-electron chi connectivity index (χ0n) is 14.7. The topological polar surface area (TPSA) is 42.0 Å². The molecule has 2 saturated heterocycles. The fourth-order valence-electron chi connectivity index (χ4n) is 3.43. The van der Waals surface area contributed by atoms with Crippen molar-refractivity contribution in [3.8, 4) is 0 Å². The highest BCUT2D eigenvalue weighted by atomic mass is 19.1. The third kappa shape index (κ3) is 5.76. The Labute approximate surface area is 148 Å². The molecule has 0 radical (unpaired) electrons. The standard InChI is InChI=1S/C19H27FN2O3/c20-17-4-1-3-16(13-17)5-6-19(23)22-8-2-7-21(9-10-22)14-18-15-24-11-12-25-18/h1,3-4,13,18H,2,5-12,14-15H2. The first kappa shape index (κ1) is 18.3. The summed E-state index contributed by atoms with van der Waals surface area (Å²) in [6.07, 6.45) is 2.14. The van der Waals surface area contributed by atoms with E-state index in [1.807, 2.05) is 11.0 Å². The summed E-state index contributed by atoms with van der Waals surface area (Å²) >= 11 is 0. The molecule has 0 aromatic heterocycles. The molecule has 25 heavy (non-hydrogen) atoms. The van der Waals surface area contributed by atoms with Crippen molar-refractivity contribution in [1.82, 2.24) is 9.80 Å². The zero-order valence-corrected chi connectivity index (χ0v) is 14.7. The van der Waals surface area contributed by atoms with Gasteiger partial charge in [0.1, 0.15) is 5.82 Å². The fraction of sp³-hybridized carbons (Fsp3) is 0.632. The monoisotopic (exact) mass is 350 g/mol. The minimum atomic E-state index is -0.246. The average Bonchev–Trinajstić information content (AvgIpc) is 2.86. The minimum absolute atomic E-state index is 0.143. The molecule has 0 aliphatic carbocycles. The highest BCUT2D eigenvalue weighted by Gasteiger charge is 2.22. The van der Waals surface area contributed by atoms with Gasteiger partial charge in [0.15, 0.2) is 0 Å². The number of carbonyl (C=O) groups is 1. The number of benzene rings is 1. The maximum absolute atomic E-state index is 13.2. The molecule has 1 aromatic carbocycles. The van der Waals surface area contributed by atoms with Crippen LogP contribution in [-0.4, -0.2) is 74.4 Å². The Bertz CT molecular complexity index is 563. The molecule has 6 heteroatoms. The quantitative estimate of drug-likeness (QED) is 0.811. The predicted molar refractivity (Wildman–Crippen MR) is 92.9 cm³/mol. The van der Waals surface area contributed by atoms with Crippen LogP contribution in [0.4, 0.5) is 4.39 Å². The second kappa shape index (κ2) is 9.27. The maximum Gasteiger partial charge on any atom is 0.222 e. The Morgan fingerprint density at radius 3 is 2.92 bits per heavy atom. The van der Waals surface area contributed by atoms with Gasteiger partial charge in [0.05, 0.1) is 25.9 Å². The van der Waals surface area contributed by atoms with Crippen LogP contribution in [0.3, 0.4) is 0 Å². The van der Waals surface area contributed by atoms with Gasteiger partial charge in [-0.3, -0.25) is 9.69 Å². The SMILES string of the molecule is O=C(CCc1cccc(F)c1)N1CCCN(CC2COCCO2)CC1. The van der Waals surface area contributed by atoms with Crippen LogP contribution in [0, 0.1) is 5.82 Å². The van der Waals surface area contributed by atoms with Gasteiger partial charge >= 0.3 is 0 Å². The second-order valence-corrected chi connectivity index (χ2v) is 6.73. The number of hydrogen-bond donors (Lipinski definition) is 0. The first-order valence-corrected chi connectivity index (χ1v) is 9.14. The van der Waals surface area contributed by atoms with E-state index in [-0.39, 0.29) is 17.8 Å². The zero-order chi connectivity index (χ0) is 17.5. The van der Waals surface area contributed by atoms with Gasteiger partial charge in [0, 0.05) is 32.6 Å². The van der Waals surface area contributed by atoms with Crippen LogP contribution in [0.5, 0.6) is 0 Å². The van der Waals surface area contributed by atoms with E-state index in [0.717, 1.165) is 44.7 Å². The molecule has 138 valence electrons. The van der Waals surface area contributed by atoms with E-state index in [1.54, 1.807) is 6.07 Å². The van der Waals surface area contributed by atoms with Crippen molar-refractivity contribution in [2.24, 2.45) is 0 Å². The lowest BCUT2D eigenvalue weighted by molar-refractivity contribution is -0.131. The number of ether oxygens (including phenoxy) is 2. The van der Waals surface area contributed by atoms with Crippen molar-refractivity contribution < 1.29 is 18.7 Å². The third-order valence-corrected chi connectivity index (χ3v) is 4.80. The molecule has 0 bridgehead atoms. The van der Waals surface area contributed by atoms with Gasteiger partial charge in [-0.15, -0.1) is 0 Å². The van der Waals surface area contributed by atoms with Gasteiger partial charge in [0.2, 0.25) is 5.91 Å². The molecular weight excluding hydrogens is 323 g/mol. The van der Waals surface area contributed by atoms with Gasteiger partial charge < -0.3 is 14.4 Å². The number of carbonyl (C=O) groups excluding carboxylic acids is 1. The number of hydrogen-bond acceptors (Lipinski definition) is 4. The van der Waals surface area contributed by atoms with E-state index >= 15 is 0 Å².